The number of hydrogen-bond donors (Lipinski definition) is 4. The number of rotatable bonds is 8. The highest BCUT2D eigenvalue weighted by molar-refractivity contribution is 6.04. The van der Waals surface area contributed by atoms with Gasteiger partial charge in [-0.3, -0.25) is 0 Å². The lowest BCUT2D eigenvalue weighted by Gasteiger charge is -2.20. The Hall–Kier alpha value is -2.98. The molecule has 7 nitrogen and oxygen atoms in total. The smallest absolute Gasteiger partial charge is 0.229 e. The van der Waals surface area contributed by atoms with Crippen molar-refractivity contribution in [2.24, 2.45) is 10.7 Å². The van der Waals surface area contributed by atoms with Crippen LogP contribution in [-0.2, 0) is 5.54 Å². The van der Waals surface area contributed by atoms with E-state index >= 15 is 0 Å². The third kappa shape index (κ3) is 7.34. The zero-order chi connectivity index (χ0) is 23.8. The minimum atomic E-state index is -2.47. The van der Waals surface area contributed by atoms with Crippen LogP contribution in [0.5, 0.6) is 0 Å². The number of anilines is 2. The maximum absolute atomic E-state index is 13.0. The summed E-state index contributed by atoms with van der Waals surface area (Å²) < 4.78 is 37.3. The Balaban J connectivity index is 0.00000233. The van der Waals surface area contributed by atoms with Crippen LogP contribution in [0.15, 0.2) is 35.5 Å². The second kappa shape index (κ2) is 11.4. The van der Waals surface area contributed by atoms with Crippen LogP contribution in [0.4, 0.5) is 30.5 Å². The van der Waals surface area contributed by atoms with E-state index in [9.17, 15) is 13.4 Å². The number of aromatic nitrogens is 1. The number of nitrogens with one attached hydrogen (secondary N) is 2. The largest absolute Gasteiger partial charge is 0.398 e. The van der Waals surface area contributed by atoms with Gasteiger partial charge in [0.15, 0.2) is 5.82 Å². The molecule has 0 aliphatic heterocycles. The van der Waals surface area contributed by atoms with Crippen LogP contribution < -0.4 is 16.8 Å². The van der Waals surface area contributed by atoms with Crippen molar-refractivity contribution < 1.29 is 13.4 Å². The number of hydrogen-bond acceptors (Lipinski definition) is 7. The minimum absolute atomic E-state index is 0.246. The van der Waals surface area contributed by atoms with Crippen molar-refractivity contribution in [2.45, 2.75) is 46.5 Å². The van der Waals surface area contributed by atoms with Crippen LogP contribution in [-0.4, -0.2) is 35.1 Å². The van der Waals surface area contributed by atoms with Crippen LogP contribution in [0.25, 0.3) is 0 Å². The number of nitrogens with two attached hydrogens (primary N) is 2. The number of alkyl halides is 1. The molecule has 1 aromatic carbocycles. The van der Waals surface area contributed by atoms with Crippen LogP contribution in [0.1, 0.15) is 51.3 Å². The van der Waals surface area contributed by atoms with E-state index in [4.69, 9.17) is 16.9 Å². The van der Waals surface area contributed by atoms with Crippen molar-refractivity contribution in [1.82, 2.24) is 10.3 Å². The lowest BCUT2D eigenvalue weighted by Crippen LogP contribution is -2.28. The Kier molecular flexibility index (Phi) is 9.60. The summed E-state index contributed by atoms with van der Waals surface area (Å²) in [6.45, 7) is 8.87. The zero-order valence-corrected chi connectivity index (χ0v) is 18.4. The molecular weight excluding hydrogens is 407 g/mol. The number of benzene rings is 1. The minimum Gasteiger partial charge on any atom is -0.398 e. The molecule has 1 heterocycles. The van der Waals surface area contributed by atoms with E-state index in [-0.39, 0.29) is 5.69 Å². The first kappa shape index (κ1) is 26.1. The van der Waals surface area contributed by atoms with Crippen molar-refractivity contribution in [2.75, 3.05) is 17.6 Å². The highest BCUT2D eigenvalue weighted by Crippen LogP contribution is 2.24. The fourth-order valence-electron chi connectivity index (χ4n) is 2.58. The topological polar surface area (TPSA) is 116 Å². The Labute approximate surface area is 180 Å². The summed E-state index contributed by atoms with van der Waals surface area (Å²) in [7, 11) is 0. The molecule has 31 heavy (non-hydrogen) atoms. The SMILES string of the molecule is CC.CC(=Nc1cc(C=N)c(NCC(F)N(F)F)cn1)c1ccc(C(C)(C)N)cc1N. The second-order valence-corrected chi connectivity index (χ2v) is 7.07. The molecule has 0 bridgehead atoms. The maximum atomic E-state index is 13.0. The number of aliphatic imine (C=N–C) groups is 1. The summed E-state index contributed by atoms with van der Waals surface area (Å²) >= 11 is 0. The molecule has 1 aromatic heterocycles. The molecule has 0 amide bonds. The van der Waals surface area contributed by atoms with Crippen LogP contribution >= 0.6 is 0 Å². The van der Waals surface area contributed by atoms with Gasteiger partial charge in [0.1, 0.15) is 0 Å². The first-order chi connectivity index (χ1) is 14.5. The molecule has 10 heteroatoms. The molecule has 0 radical (unpaired) electrons. The van der Waals surface area contributed by atoms with Gasteiger partial charge in [-0.05, 0) is 38.5 Å². The van der Waals surface area contributed by atoms with Gasteiger partial charge in [0.2, 0.25) is 6.30 Å². The molecule has 0 fully saturated rings. The molecule has 0 saturated heterocycles. The summed E-state index contributed by atoms with van der Waals surface area (Å²) in [6.07, 6.45) is -0.164. The average Bonchev–Trinajstić information content (AvgIpc) is 2.72. The van der Waals surface area contributed by atoms with Crippen LogP contribution in [0.2, 0.25) is 0 Å². The number of nitrogens with zero attached hydrogens (tertiary/aromatic N) is 3. The standard InChI is InChI=1S/C19H24F3N7.C2H6/c1-11(14-5-4-13(7-15(14)24)19(2,3)25)28-18-6-12(8-23)16(9-27-18)26-10-17(20)29(21)22;1-2/h4-9,17,23,26H,10,24-25H2,1-3H3;1-2H3. The third-order valence-corrected chi connectivity index (χ3v) is 4.22. The normalized spacial score (nSPS) is 12.8. The second-order valence-electron chi connectivity index (χ2n) is 7.07. The molecule has 0 aliphatic rings. The molecular formula is C21H30F3N7. The first-order valence-electron chi connectivity index (χ1n) is 9.76. The summed E-state index contributed by atoms with van der Waals surface area (Å²) in [5, 5.41) is 8.45. The van der Waals surface area contributed by atoms with Gasteiger partial charge in [-0.15, -0.1) is 0 Å². The fourth-order valence-corrected chi connectivity index (χ4v) is 2.58. The van der Waals surface area contributed by atoms with Gasteiger partial charge in [0, 0.05) is 34.3 Å². The van der Waals surface area contributed by atoms with Gasteiger partial charge >= 0.3 is 0 Å². The average molecular weight is 438 g/mol. The number of pyridine rings is 1. The predicted octanol–water partition coefficient (Wildman–Crippen LogP) is 4.80. The first-order valence-corrected chi connectivity index (χ1v) is 9.76. The van der Waals surface area contributed by atoms with E-state index in [1.807, 2.05) is 39.8 Å². The Morgan fingerprint density at radius 3 is 2.48 bits per heavy atom. The van der Waals surface area contributed by atoms with Gasteiger partial charge in [0.05, 0.1) is 23.8 Å². The van der Waals surface area contributed by atoms with Crippen LogP contribution in [0, 0.1) is 5.41 Å². The molecule has 0 spiro atoms. The quantitative estimate of drug-likeness (QED) is 0.205. The molecule has 0 aliphatic carbocycles. The molecule has 170 valence electrons. The van der Waals surface area contributed by atoms with Gasteiger partial charge in [0.25, 0.3) is 0 Å². The summed E-state index contributed by atoms with van der Waals surface area (Å²) in [4.78, 5) is 8.54. The highest BCUT2D eigenvalue weighted by Gasteiger charge is 2.17. The van der Waals surface area contributed by atoms with E-state index in [0.29, 0.717) is 28.3 Å². The van der Waals surface area contributed by atoms with E-state index in [1.54, 1.807) is 13.0 Å². The van der Waals surface area contributed by atoms with Gasteiger partial charge in [-0.25, -0.2) is 14.4 Å². The van der Waals surface area contributed by atoms with E-state index < -0.39 is 23.7 Å². The fraction of sp³-hybridized carbons (Fsp3) is 0.381. The van der Waals surface area contributed by atoms with Crippen LogP contribution in [0.3, 0.4) is 0 Å². The van der Waals surface area contributed by atoms with Gasteiger partial charge < -0.3 is 22.2 Å². The number of nitrogen functional groups attached to an aromatic ring is 1. The van der Waals surface area contributed by atoms with Crippen molar-refractivity contribution in [3.63, 3.8) is 0 Å². The van der Waals surface area contributed by atoms with Crippen molar-refractivity contribution in [3.05, 3.63) is 47.2 Å². The van der Waals surface area contributed by atoms with Crippen molar-refractivity contribution >= 4 is 29.1 Å². The Morgan fingerprint density at radius 1 is 1.32 bits per heavy atom. The van der Waals surface area contributed by atoms with E-state index in [1.165, 1.54) is 12.3 Å². The van der Waals surface area contributed by atoms with Crippen molar-refractivity contribution in [1.29, 1.82) is 5.41 Å². The molecule has 6 N–H and O–H groups in total. The summed E-state index contributed by atoms with van der Waals surface area (Å²) in [5.74, 6) is 0.295. The lowest BCUT2D eigenvalue weighted by molar-refractivity contribution is -0.218. The summed E-state index contributed by atoms with van der Waals surface area (Å²) in [5.41, 5.74) is 15.0. The third-order valence-electron chi connectivity index (χ3n) is 4.22. The van der Waals surface area contributed by atoms with Gasteiger partial charge in [-0.2, -0.15) is 0 Å². The molecule has 0 saturated carbocycles. The molecule has 2 aromatic rings. The molecule has 1 atom stereocenters. The van der Waals surface area contributed by atoms with Crippen molar-refractivity contribution in [3.8, 4) is 0 Å². The molecule has 1 unspecified atom stereocenters. The lowest BCUT2D eigenvalue weighted by atomic mass is 9.93. The van der Waals surface area contributed by atoms with Gasteiger partial charge in [-0.1, -0.05) is 34.9 Å². The zero-order valence-electron chi connectivity index (χ0n) is 18.4. The Bertz CT molecular complexity index is 908. The summed E-state index contributed by atoms with van der Waals surface area (Å²) in [6, 6.07) is 6.99. The van der Waals surface area contributed by atoms with E-state index in [0.717, 1.165) is 11.8 Å². The number of halogens is 3. The van der Waals surface area contributed by atoms with E-state index in [2.05, 4.69) is 15.3 Å². The monoisotopic (exact) mass is 437 g/mol. The maximum Gasteiger partial charge on any atom is 0.229 e. The molecule has 2 rings (SSSR count). The predicted molar refractivity (Wildman–Crippen MR) is 121 cm³/mol. The Morgan fingerprint density at radius 2 is 1.97 bits per heavy atom. The highest BCUT2D eigenvalue weighted by atomic mass is 19.4.